The molecule has 3 rings (SSSR count). The Bertz CT molecular complexity index is 429. The van der Waals surface area contributed by atoms with Crippen molar-refractivity contribution < 1.29 is 4.79 Å². The molecule has 1 fully saturated rings. The Morgan fingerprint density at radius 1 is 1.47 bits per heavy atom. The van der Waals surface area contributed by atoms with Crippen molar-refractivity contribution in [2.45, 2.75) is 31.8 Å². The number of hydrogen-bond acceptors (Lipinski definition) is 2. The maximum absolute atomic E-state index is 11.9. The van der Waals surface area contributed by atoms with Crippen LogP contribution in [0.4, 0.5) is 11.4 Å². The van der Waals surface area contributed by atoms with E-state index in [-0.39, 0.29) is 11.6 Å². The van der Waals surface area contributed by atoms with Crippen LogP contribution in [0, 0.1) is 0 Å². The summed E-state index contributed by atoms with van der Waals surface area (Å²) in [5, 5.41) is 3.50. The minimum atomic E-state index is -0.138. The average Bonchev–Trinajstić information content (AvgIpc) is 2.75. The maximum Gasteiger partial charge on any atom is 0.229 e. The second kappa shape index (κ2) is 2.75. The van der Waals surface area contributed by atoms with Crippen LogP contribution in [0.3, 0.4) is 0 Å². The van der Waals surface area contributed by atoms with Crippen LogP contribution in [0.25, 0.3) is 0 Å². The Morgan fingerprint density at radius 2 is 2.27 bits per heavy atom. The lowest BCUT2D eigenvalue weighted by atomic mass is 10.1. The Morgan fingerprint density at radius 3 is 3.07 bits per heavy atom. The lowest BCUT2D eigenvalue weighted by molar-refractivity contribution is -0.117. The molecule has 3 nitrogen and oxygen atoms in total. The van der Waals surface area contributed by atoms with Gasteiger partial charge in [0, 0.05) is 6.42 Å². The van der Waals surface area contributed by atoms with Crippen LogP contribution in [0.15, 0.2) is 24.3 Å². The molecule has 1 unspecified atom stereocenters. The Hall–Kier alpha value is -1.51. The number of hydrogen-bond donors (Lipinski definition) is 1. The molecule has 1 aromatic rings. The zero-order chi connectivity index (χ0) is 10.5. The summed E-state index contributed by atoms with van der Waals surface area (Å²) >= 11 is 0. The van der Waals surface area contributed by atoms with E-state index in [0.29, 0.717) is 6.42 Å². The van der Waals surface area contributed by atoms with Gasteiger partial charge in [0.2, 0.25) is 5.91 Å². The number of anilines is 2. The summed E-state index contributed by atoms with van der Waals surface area (Å²) in [6.07, 6.45) is 2.53. The van der Waals surface area contributed by atoms with Crippen LogP contribution < -0.4 is 10.2 Å². The van der Waals surface area contributed by atoms with Gasteiger partial charge < -0.3 is 5.32 Å². The second-order valence-electron chi connectivity index (χ2n) is 4.26. The molecule has 1 saturated heterocycles. The van der Waals surface area contributed by atoms with Crippen LogP contribution >= 0.6 is 0 Å². The van der Waals surface area contributed by atoms with E-state index in [4.69, 9.17) is 0 Å². The smallest absolute Gasteiger partial charge is 0.229 e. The first-order valence-corrected chi connectivity index (χ1v) is 5.47. The molecule has 1 N–H and O–H groups in total. The molecule has 1 amide bonds. The predicted octanol–water partition coefficient (Wildman–Crippen LogP) is 2.35. The number of nitrogens with zero attached hydrogens (tertiary/aromatic N) is 1. The first kappa shape index (κ1) is 8.77. The van der Waals surface area contributed by atoms with Gasteiger partial charge in [0.15, 0.2) is 0 Å². The molecular formula is C12H14N2O. The molecule has 2 aliphatic rings. The molecule has 1 aromatic carbocycles. The van der Waals surface area contributed by atoms with Crippen molar-refractivity contribution in [2.75, 3.05) is 10.2 Å². The van der Waals surface area contributed by atoms with E-state index < -0.39 is 0 Å². The van der Waals surface area contributed by atoms with Gasteiger partial charge in [-0.05, 0) is 25.0 Å². The standard InChI is InChI=1S/C12H14N2O/c1-2-12-8-7-11(15)14(12)10-6-4-3-5-9(10)13-12/h3-6,13H,2,7-8H2,1H3. The van der Waals surface area contributed by atoms with E-state index in [0.717, 1.165) is 24.2 Å². The van der Waals surface area contributed by atoms with E-state index >= 15 is 0 Å². The highest BCUT2D eigenvalue weighted by Crippen LogP contribution is 2.47. The van der Waals surface area contributed by atoms with Gasteiger partial charge in [-0.25, -0.2) is 0 Å². The average molecular weight is 202 g/mol. The molecule has 0 saturated carbocycles. The lowest BCUT2D eigenvalue weighted by Crippen LogP contribution is -2.46. The van der Waals surface area contributed by atoms with Gasteiger partial charge in [0.05, 0.1) is 11.4 Å². The summed E-state index contributed by atoms with van der Waals surface area (Å²) in [5.41, 5.74) is 2.00. The van der Waals surface area contributed by atoms with Gasteiger partial charge in [-0.3, -0.25) is 9.69 Å². The molecule has 2 heterocycles. The summed E-state index contributed by atoms with van der Waals surface area (Å²) in [5.74, 6) is 0.245. The molecule has 0 aromatic heterocycles. The third kappa shape index (κ3) is 0.978. The second-order valence-corrected chi connectivity index (χ2v) is 4.26. The Labute approximate surface area is 89.1 Å². The quantitative estimate of drug-likeness (QED) is 0.758. The van der Waals surface area contributed by atoms with Crippen LogP contribution in [0.5, 0.6) is 0 Å². The van der Waals surface area contributed by atoms with E-state index in [1.807, 2.05) is 29.2 Å². The zero-order valence-electron chi connectivity index (χ0n) is 8.79. The van der Waals surface area contributed by atoms with Gasteiger partial charge >= 0.3 is 0 Å². The fourth-order valence-corrected chi connectivity index (χ4v) is 2.71. The zero-order valence-corrected chi connectivity index (χ0v) is 8.79. The first-order valence-electron chi connectivity index (χ1n) is 5.47. The highest BCUT2D eigenvalue weighted by Gasteiger charge is 2.49. The Balaban J connectivity index is 2.15. The normalized spacial score (nSPS) is 27.5. The van der Waals surface area contributed by atoms with Crippen LogP contribution in [0.1, 0.15) is 26.2 Å². The van der Waals surface area contributed by atoms with Crippen LogP contribution in [0.2, 0.25) is 0 Å². The number of fused-ring (bicyclic) bond motifs is 3. The third-order valence-electron chi connectivity index (χ3n) is 3.53. The molecule has 3 heteroatoms. The van der Waals surface area contributed by atoms with Gasteiger partial charge in [-0.1, -0.05) is 19.1 Å². The van der Waals surface area contributed by atoms with Crippen molar-refractivity contribution in [2.24, 2.45) is 0 Å². The monoisotopic (exact) mass is 202 g/mol. The minimum Gasteiger partial charge on any atom is -0.361 e. The molecule has 2 aliphatic heterocycles. The molecule has 15 heavy (non-hydrogen) atoms. The van der Waals surface area contributed by atoms with Gasteiger partial charge in [-0.15, -0.1) is 0 Å². The summed E-state index contributed by atoms with van der Waals surface area (Å²) in [6, 6.07) is 8.04. The highest BCUT2D eigenvalue weighted by molar-refractivity contribution is 6.03. The van der Waals surface area contributed by atoms with Gasteiger partial charge in [0.25, 0.3) is 0 Å². The molecule has 0 bridgehead atoms. The third-order valence-corrected chi connectivity index (χ3v) is 3.53. The molecule has 0 aliphatic carbocycles. The maximum atomic E-state index is 11.9. The van der Waals surface area contributed by atoms with Gasteiger partial charge in [-0.2, -0.15) is 0 Å². The lowest BCUT2D eigenvalue weighted by Gasteiger charge is -2.31. The van der Waals surface area contributed by atoms with Crippen molar-refractivity contribution in [1.29, 1.82) is 0 Å². The van der Waals surface area contributed by atoms with Crippen molar-refractivity contribution in [3.63, 3.8) is 0 Å². The van der Waals surface area contributed by atoms with Crippen molar-refractivity contribution >= 4 is 17.3 Å². The largest absolute Gasteiger partial charge is 0.361 e. The van der Waals surface area contributed by atoms with E-state index in [9.17, 15) is 4.79 Å². The molecule has 1 atom stereocenters. The Kier molecular flexibility index (Phi) is 1.61. The number of rotatable bonds is 1. The fourth-order valence-electron chi connectivity index (χ4n) is 2.71. The van der Waals surface area contributed by atoms with Crippen molar-refractivity contribution in [1.82, 2.24) is 0 Å². The number of nitrogens with one attached hydrogen (secondary N) is 1. The molecule has 0 spiro atoms. The predicted molar refractivity (Wildman–Crippen MR) is 59.8 cm³/mol. The van der Waals surface area contributed by atoms with Gasteiger partial charge in [0.1, 0.15) is 5.66 Å². The number of amides is 1. The molecule has 78 valence electrons. The number of carbonyl (C=O) groups excluding carboxylic acids is 1. The SMILES string of the molecule is CCC12CCC(=O)N1c1ccccc1N2. The van der Waals surface area contributed by atoms with Crippen molar-refractivity contribution in [3.05, 3.63) is 24.3 Å². The molecular weight excluding hydrogens is 188 g/mol. The summed E-state index contributed by atoms with van der Waals surface area (Å²) in [7, 11) is 0. The van der Waals surface area contributed by atoms with E-state index in [1.165, 1.54) is 0 Å². The summed E-state index contributed by atoms with van der Waals surface area (Å²) in [6.45, 7) is 2.13. The molecule has 0 radical (unpaired) electrons. The number of carbonyl (C=O) groups is 1. The minimum absolute atomic E-state index is 0.138. The topological polar surface area (TPSA) is 32.3 Å². The van der Waals surface area contributed by atoms with Crippen LogP contribution in [-0.4, -0.2) is 11.6 Å². The summed E-state index contributed by atoms with van der Waals surface area (Å²) < 4.78 is 0. The number of benzene rings is 1. The van der Waals surface area contributed by atoms with Crippen LogP contribution in [-0.2, 0) is 4.79 Å². The first-order chi connectivity index (χ1) is 7.27. The number of para-hydroxylation sites is 2. The highest BCUT2D eigenvalue weighted by atomic mass is 16.2. The van der Waals surface area contributed by atoms with E-state index in [1.54, 1.807) is 0 Å². The summed E-state index contributed by atoms with van der Waals surface area (Å²) in [4.78, 5) is 13.8. The van der Waals surface area contributed by atoms with E-state index in [2.05, 4.69) is 12.2 Å². The van der Waals surface area contributed by atoms with Crippen molar-refractivity contribution in [3.8, 4) is 0 Å². The fraction of sp³-hybridized carbons (Fsp3) is 0.417.